The van der Waals surface area contributed by atoms with Crippen LogP contribution in [0.3, 0.4) is 0 Å². The average molecular weight is 424 g/mol. The minimum Gasteiger partial charge on any atom is -0.444 e. The van der Waals surface area contributed by atoms with E-state index in [-0.39, 0.29) is 11.9 Å². The van der Waals surface area contributed by atoms with Crippen molar-refractivity contribution in [2.24, 2.45) is 0 Å². The van der Waals surface area contributed by atoms with Gasteiger partial charge in [0.05, 0.1) is 0 Å². The normalized spacial score (nSPS) is 15.4. The van der Waals surface area contributed by atoms with Crippen LogP contribution in [-0.4, -0.2) is 41.6 Å². The molecule has 6 nitrogen and oxygen atoms in total. The van der Waals surface area contributed by atoms with E-state index in [0.29, 0.717) is 11.3 Å². The third-order valence-corrected chi connectivity index (χ3v) is 5.18. The van der Waals surface area contributed by atoms with E-state index < -0.39 is 11.7 Å². The number of rotatable bonds is 5. The molecule has 0 radical (unpaired) electrons. The van der Waals surface area contributed by atoms with Gasteiger partial charge in [0.2, 0.25) is 0 Å². The van der Waals surface area contributed by atoms with Gasteiger partial charge in [0.25, 0.3) is 5.91 Å². The van der Waals surface area contributed by atoms with Gasteiger partial charge >= 0.3 is 6.09 Å². The first-order valence-corrected chi connectivity index (χ1v) is 10.9. The van der Waals surface area contributed by atoms with Crippen molar-refractivity contribution < 1.29 is 14.3 Å². The lowest BCUT2D eigenvalue weighted by Crippen LogP contribution is -2.44. The van der Waals surface area contributed by atoms with Crippen LogP contribution in [0.25, 0.3) is 0 Å². The minimum atomic E-state index is -0.576. The number of carbonyl (C=O) groups excluding carboxylic acids is 2. The number of aryl methyl sites for hydroxylation is 1. The number of nitrogens with one attached hydrogen (secondary N) is 2. The maximum Gasteiger partial charge on any atom is 0.412 e. The van der Waals surface area contributed by atoms with E-state index in [9.17, 15) is 9.59 Å². The number of hydrogen-bond acceptors (Lipinski definition) is 4. The van der Waals surface area contributed by atoms with E-state index in [4.69, 9.17) is 4.74 Å². The van der Waals surface area contributed by atoms with Crippen LogP contribution in [0.4, 0.5) is 10.5 Å². The molecule has 2 amide bonds. The summed E-state index contributed by atoms with van der Waals surface area (Å²) in [5.74, 6) is -0.120. The summed E-state index contributed by atoms with van der Waals surface area (Å²) in [6.45, 7) is 10.4. The van der Waals surface area contributed by atoms with Gasteiger partial charge in [-0.25, -0.2) is 4.79 Å². The van der Waals surface area contributed by atoms with E-state index in [1.54, 1.807) is 24.3 Å². The molecule has 166 valence electrons. The van der Waals surface area contributed by atoms with Crippen molar-refractivity contribution in [2.45, 2.75) is 58.7 Å². The van der Waals surface area contributed by atoms with Gasteiger partial charge in [-0.2, -0.15) is 0 Å². The van der Waals surface area contributed by atoms with E-state index in [1.165, 1.54) is 11.1 Å². The summed E-state index contributed by atoms with van der Waals surface area (Å²) in [6, 6.07) is 15.7. The average Bonchev–Trinajstić information content (AvgIpc) is 2.68. The number of likely N-dealkylation sites (tertiary alicyclic amines) is 1. The van der Waals surface area contributed by atoms with Crippen LogP contribution >= 0.6 is 0 Å². The highest BCUT2D eigenvalue weighted by Gasteiger charge is 2.22. The first kappa shape index (κ1) is 22.8. The molecule has 1 saturated heterocycles. The van der Waals surface area contributed by atoms with Crippen LogP contribution in [0.1, 0.15) is 55.1 Å². The third kappa shape index (κ3) is 7.40. The molecule has 1 fully saturated rings. The van der Waals surface area contributed by atoms with Crippen LogP contribution in [-0.2, 0) is 11.3 Å². The molecule has 0 unspecified atom stereocenters. The van der Waals surface area contributed by atoms with Crippen LogP contribution in [0.15, 0.2) is 48.5 Å². The molecule has 2 aromatic rings. The highest BCUT2D eigenvalue weighted by Crippen LogP contribution is 2.17. The van der Waals surface area contributed by atoms with Gasteiger partial charge in [0, 0.05) is 36.9 Å². The van der Waals surface area contributed by atoms with Crippen molar-refractivity contribution in [3.05, 3.63) is 65.2 Å². The highest BCUT2D eigenvalue weighted by molar-refractivity contribution is 5.96. The third-order valence-electron chi connectivity index (χ3n) is 5.18. The fourth-order valence-electron chi connectivity index (χ4n) is 3.73. The lowest BCUT2D eigenvalue weighted by atomic mass is 10.0. The molecule has 1 aliphatic rings. The highest BCUT2D eigenvalue weighted by atomic mass is 16.6. The van der Waals surface area contributed by atoms with Gasteiger partial charge in [-0.3, -0.25) is 15.0 Å². The molecule has 0 aromatic heterocycles. The monoisotopic (exact) mass is 423 g/mol. The summed E-state index contributed by atoms with van der Waals surface area (Å²) in [5, 5.41) is 5.82. The summed E-state index contributed by atoms with van der Waals surface area (Å²) < 4.78 is 5.27. The molecule has 6 heteroatoms. The van der Waals surface area contributed by atoms with Crippen LogP contribution in [0, 0.1) is 6.92 Å². The number of ether oxygens (including phenoxy) is 1. The van der Waals surface area contributed by atoms with Crippen molar-refractivity contribution in [3.8, 4) is 0 Å². The quantitative estimate of drug-likeness (QED) is 0.729. The Morgan fingerprint density at radius 3 is 2.45 bits per heavy atom. The molecule has 0 aliphatic carbocycles. The molecule has 2 aromatic carbocycles. The van der Waals surface area contributed by atoms with Gasteiger partial charge in [-0.05, 0) is 64.3 Å². The fraction of sp³-hybridized carbons (Fsp3) is 0.440. The molecular weight excluding hydrogens is 390 g/mol. The largest absolute Gasteiger partial charge is 0.444 e. The SMILES string of the molecule is Cc1cccc(CN2CCC(NC(=O)c3cccc(NC(=O)OC(C)(C)C)c3)CC2)c1. The van der Waals surface area contributed by atoms with Gasteiger partial charge in [-0.1, -0.05) is 35.9 Å². The Labute approximate surface area is 185 Å². The second kappa shape index (κ2) is 9.96. The van der Waals surface area contributed by atoms with Crippen LogP contribution < -0.4 is 10.6 Å². The molecule has 0 spiro atoms. The Morgan fingerprint density at radius 2 is 1.77 bits per heavy atom. The van der Waals surface area contributed by atoms with Gasteiger partial charge in [-0.15, -0.1) is 0 Å². The lowest BCUT2D eigenvalue weighted by molar-refractivity contribution is 0.0635. The summed E-state index contributed by atoms with van der Waals surface area (Å²) in [5.41, 5.74) is 3.10. The predicted molar refractivity (Wildman–Crippen MR) is 123 cm³/mol. The van der Waals surface area contributed by atoms with Crippen molar-refractivity contribution in [2.75, 3.05) is 18.4 Å². The minimum absolute atomic E-state index is 0.120. The topological polar surface area (TPSA) is 70.7 Å². The maximum atomic E-state index is 12.7. The molecule has 3 rings (SSSR count). The molecule has 0 bridgehead atoms. The summed E-state index contributed by atoms with van der Waals surface area (Å²) >= 11 is 0. The summed E-state index contributed by atoms with van der Waals surface area (Å²) in [7, 11) is 0. The van der Waals surface area contributed by atoms with Crippen LogP contribution in [0.2, 0.25) is 0 Å². The Kier molecular flexibility index (Phi) is 7.33. The van der Waals surface area contributed by atoms with Crippen molar-refractivity contribution in [1.29, 1.82) is 0 Å². The van der Waals surface area contributed by atoms with Crippen molar-refractivity contribution >= 4 is 17.7 Å². The van der Waals surface area contributed by atoms with Gasteiger partial charge in [0.15, 0.2) is 0 Å². The number of nitrogens with zero attached hydrogens (tertiary/aromatic N) is 1. The Morgan fingerprint density at radius 1 is 1.06 bits per heavy atom. The van der Waals surface area contributed by atoms with Gasteiger partial charge in [0.1, 0.15) is 5.60 Å². The molecule has 1 aliphatic heterocycles. The van der Waals surface area contributed by atoms with Crippen molar-refractivity contribution in [1.82, 2.24) is 10.2 Å². The standard InChI is InChI=1S/C25H33N3O3/c1-18-7-5-8-19(15-18)17-28-13-11-21(12-14-28)26-23(29)20-9-6-10-22(16-20)27-24(30)31-25(2,3)4/h5-10,15-16,21H,11-14,17H2,1-4H3,(H,26,29)(H,27,30). The number of benzene rings is 2. The fourth-order valence-corrected chi connectivity index (χ4v) is 3.73. The molecule has 1 heterocycles. The lowest BCUT2D eigenvalue weighted by Gasteiger charge is -2.32. The molecule has 0 saturated carbocycles. The first-order valence-electron chi connectivity index (χ1n) is 10.9. The molecular formula is C25H33N3O3. The smallest absolute Gasteiger partial charge is 0.412 e. The predicted octanol–water partition coefficient (Wildman–Crippen LogP) is 4.74. The second-order valence-electron chi connectivity index (χ2n) is 9.22. The number of piperidine rings is 1. The zero-order valence-corrected chi connectivity index (χ0v) is 18.9. The summed E-state index contributed by atoms with van der Waals surface area (Å²) in [6.07, 6.45) is 1.31. The Balaban J connectivity index is 1.49. The zero-order valence-electron chi connectivity index (χ0n) is 18.9. The molecule has 31 heavy (non-hydrogen) atoms. The van der Waals surface area contributed by atoms with Gasteiger partial charge < -0.3 is 10.1 Å². The number of amides is 2. The van der Waals surface area contributed by atoms with E-state index >= 15 is 0 Å². The van der Waals surface area contributed by atoms with E-state index in [2.05, 4.69) is 46.7 Å². The second-order valence-corrected chi connectivity index (χ2v) is 9.22. The first-order chi connectivity index (χ1) is 14.7. The number of anilines is 1. The maximum absolute atomic E-state index is 12.7. The Hall–Kier alpha value is -2.86. The Bertz CT molecular complexity index is 912. The number of carbonyl (C=O) groups is 2. The number of hydrogen-bond donors (Lipinski definition) is 2. The van der Waals surface area contributed by atoms with Crippen LogP contribution in [0.5, 0.6) is 0 Å². The molecule has 0 atom stereocenters. The van der Waals surface area contributed by atoms with Crippen molar-refractivity contribution in [3.63, 3.8) is 0 Å². The van der Waals surface area contributed by atoms with E-state index in [0.717, 1.165) is 32.5 Å². The van der Waals surface area contributed by atoms with E-state index in [1.807, 2.05) is 20.8 Å². The zero-order chi connectivity index (χ0) is 22.4. The summed E-state index contributed by atoms with van der Waals surface area (Å²) in [4.78, 5) is 27.1. The molecule has 2 N–H and O–H groups in total.